The van der Waals surface area contributed by atoms with Gasteiger partial charge < -0.3 is 14.8 Å². The van der Waals surface area contributed by atoms with Crippen LogP contribution in [0.3, 0.4) is 0 Å². The Hall–Kier alpha value is -3.34. The highest BCUT2D eigenvalue weighted by molar-refractivity contribution is 7.88. The van der Waals surface area contributed by atoms with E-state index in [1.807, 2.05) is 0 Å². The molecule has 11 heteroatoms. The predicted octanol–water partition coefficient (Wildman–Crippen LogP) is 1.25. The van der Waals surface area contributed by atoms with Crippen molar-refractivity contribution in [3.63, 3.8) is 0 Å². The number of carbonyl (C=O) groups is 1. The summed E-state index contributed by atoms with van der Waals surface area (Å²) in [5.74, 6) is 0.318. The highest BCUT2D eigenvalue weighted by atomic mass is 32.2. The predicted molar refractivity (Wildman–Crippen MR) is 107 cm³/mol. The van der Waals surface area contributed by atoms with E-state index in [1.165, 1.54) is 33.5 Å². The third kappa shape index (κ3) is 3.81. The third-order valence-electron chi connectivity index (χ3n) is 4.56. The molecule has 1 aliphatic rings. The number of nitrogens with zero attached hydrogens (tertiary/aromatic N) is 4. The number of methoxy groups -OCH3 is 2. The highest BCUT2D eigenvalue weighted by Gasteiger charge is 2.31. The van der Waals surface area contributed by atoms with Crippen molar-refractivity contribution in [1.82, 2.24) is 14.1 Å². The van der Waals surface area contributed by atoms with E-state index in [9.17, 15) is 13.2 Å². The summed E-state index contributed by atoms with van der Waals surface area (Å²) < 4.78 is 41.6. The van der Waals surface area contributed by atoms with E-state index in [4.69, 9.17) is 9.47 Å². The number of rotatable bonds is 5. The number of aryl methyl sites for hydroxylation is 1. The van der Waals surface area contributed by atoms with Crippen molar-refractivity contribution in [2.45, 2.75) is 6.92 Å². The molecule has 0 atom stereocenters. The lowest BCUT2D eigenvalue weighted by Gasteiger charge is -2.23. The fourth-order valence-electron chi connectivity index (χ4n) is 2.75. The topological polar surface area (TPSA) is 115 Å². The molecule has 0 unspecified atom stereocenters. The summed E-state index contributed by atoms with van der Waals surface area (Å²) in [4.78, 5) is 12.9. The van der Waals surface area contributed by atoms with Crippen molar-refractivity contribution in [2.24, 2.45) is 11.4 Å². The van der Waals surface area contributed by atoms with Gasteiger partial charge in [0.15, 0.2) is 11.5 Å². The zero-order valence-corrected chi connectivity index (χ0v) is 17.4. The average Bonchev–Trinajstić information content (AvgIpc) is 3.02. The number of anilines is 1. The van der Waals surface area contributed by atoms with Gasteiger partial charge in [0, 0.05) is 37.1 Å². The van der Waals surface area contributed by atoms with Crippen LogP contribution in [0.4, 0.5) is 5.69 Å². The molecule has 1 aliphatic heterocycles. The van der Waals surface area contributed by atoms with Crippen LogP contribution in [-0.4, -0.2) is 55.4 Å². The zero-order chi connectivity index (χ0) is 21.3. The van der Waals surface area contributed by atoms with E-state index in [1.54, 1.807) is 36.9 Å². The Morgan fingerprint density at radius 2 is 1.83 bits per heavy atom. The monoisotopic (exact) mass is 419 g/mol. The summed E-state index contributed by atoms with van der Waals surface area (Å²) in [7, 11) is 1.92. The second kappa shape index (κ2) is 7.59. The minimum Gasteiger partial charge on any atom is -0.493 e. The number of likely N-dealkylation sites (N-methyl/N-ethyl adjacent to an activating group) is 1. The van der Waals surface area contributed by atoms with Crippen molar-refractivity contribution in [3.8, 4) is 11.5 Å². The van der Waals surface area contributed by atoms with Crippen LogP contribution in [0, 0.1) is 6.92 Å². The fraction of sp³-hybridized carbons (Fsp3) is 0.278. The van der Waals surface area contributed by atoms with Gasteiger partial charge in [0.05, 0.1) is 26.1 Å². The van der Waals surface area contributed by atoms with Gasteiger partial charge in [-0.1, -0.05) is 0 Å². The van der Waals surface area contributed by atoms with Crippen LogP contribution in [0.1, 0.15) is 11.3 Å². The number of hydrogen-bond donors (Lipinski definition) is 1. The molecule has 1 aromatic carbocycles. The molecule has 2 heterocycles. The molecule has 0 saturated heterocycles. The van der Waals surface area contributed by atoms with E-state index in [2.05, 4.69) is 14.8 Å². The normalized spacial score (nSPS) is 15.4. The zero-order valence-electron chi connectivity index (χ0n) is 16.6. The van der Waals surface area contributed by atoms with Crippen molar-refractivity contribution in [2.75, 3.05) is 26.6 Å². The number of aromatic nitrogens is 2. The number of benzene rings is 1. The minimum atomic E-state index is -4.07. The molecule has 0 bridgehead atoms. The highest BCUT2D eigenvalue weighted by Crippen LogP contribution is 2.30. The van der Waals surface area contributed by atoms with E-state index < -0.39 is 16.1 Å². The van der Waals surface area contributed by atoms with E-state index >= 15 is 0 Å². The Morgan fingerprint density at radius 3 is 2.41 bits per heavy atom. The lowest BCUT2D eigenvalue weighted by atomic mass is 10.1. The minimum absolute atomic E-state index is 0.0759. The molecule has 0 aliphatic carbocycles. The number of allylic oxidation sites excluding steroid dienone is 1. The second-order valence-electron chi connectivity index (χ2n) is 6.24. The Bertz CT molecular complexity index is 1130. The summed E-state index contributed by atoms with van der Waals surface area (Å²) >= 11 is 0. The number of amides is 1. The first-order chi connectivity index (χ1) is 13.7. The standard InChI is InChI=1S/C18H21N5O5S/c1-11-13(10-19-22(11)2)14-9-15(23(3)29(25,26)21-14)18(24)20-12-6-7-16(27-4)17(8-12)28-5/h6-10H,1-5H3,(H,20,24). The summed E-state index contributed by atoms with van der Waals surface area (Å²) in [5.41, 5.74) is 1.74. The summed E-state index contributed by atoms with van der Waals surface area (Å²) in [5, 5.41) is 6.78. The van der Waals surface area contributed by atoms with Crippen LogP contribution in [-0.2, 0) is 22.1 Å². The average molecular weight is 419 g/mol. The number of ether oxygens (including phenoxy) is 2. The van der Waals surface area contributed by atoms with Crippen LogP contribution < -0.4 is 14.8 Å². The van der Waals surface area contributed by atoms with Gasteiger partial charge in [-0.2, -0.15) is 13.5 Å². The fourth-order valence-corrected chi connectivity index (χ4v) is 3.66. The molecule has 1 amide bonds. The first kappa shape index (κ1) is 20.4. The van der Waals surface area contributed by atoms with Gasteiger partial charge in [0.1, 0.15) is 5.70 Å². The molecule has 0 fully saturated rings. The molecule has 1 aromatic heterocycles. The van der Waals surface area contributed by atoms with Crippen LogP contribution >= 0.6 is 0 Å². The maximum Gasteiger partial charge on any atom is 0.345 e. The maximum atomic E-state index is 12.9. The van der Waals surface area contributed by atoms with Gasteiger partial charge in [-0.25, -0.2) is 4.31 Å². The molecule has 29 heavy (non-hydrogen) atoms. The summed E-state index contributed by atoms with van der Waals surface area (Å²) in [6, 6.07) is 4.84. The van der Waals surface area contributed by atoms with Crippen molar-refractivity contribution in [3.05, 3.63) is 47.4 Å². The number of nitrogens with one attached hydrogen (secondary N) is 1. The lowest BCUT2D eigenvalue weighted by molar-refractivity contribution is -0.113. The van der Waals surface area contributed by atoms with Crippen LogP contribution in [0.2, 0.25) is 0 Å². The molecule has 1 N–H and O–H groups in total. The van der Waals surface area contributed by atoms with E-state index in [0.29, 0.717) is 22.7 Å². The molecule has 0 saturated carbocycles. The van der Waals surface area contributed by atoms with Gasteiger partial charge in [0.25, 0.3) is 5.91 Å². The number of carbonyl (C=O) groups excluding carboxylic acids is 1. The quantitative estimate of drug-likeness (QED) is 0.780. The molecule has 0 radical (unpaired) electrons. The Balaban J connectivity index is 1.97. The maximum absolute atomic E-state index is 12.9. The largest absolute Gasteiger partial charge is 0.493 e. The Labute approximate surface area is 168 Å². The molecule has 3 rings (SSSR count). The van der Waals surface area contributed by atoms with Crippen molar-refractivity contribution < 1.29 is 22.7 Å². The first-order valence-corrected chi connectivity index (χ1v) is 9.90. The number of hydrogen-bond acceptors (Lipinski definition) is 6. The Kier molecular flexibility index (Phi) is 5.33. The lowest BCUT2D eigenvalue weighted by Crippen LogP contribution is -2.35. The summed E-state index contributed by atoms with van der Waals surface area (Å²) in [6.07, 6.45) is 2.93. The van der Waals surface area contributed by atoms with Crippen molar-refractivity contribution >= 4 is 27.5 Å². The van der Waals surface area contributed by atoms with Crippen LogP contribution in [0.5, 0.6) is 11.5 Å². The van der Waals surface area contributed by atoms with E-state index in [-0.39, 0.29) is 11.4 Å². The van der Waals surface area contributed by atoms with Crippen molar-refractivity contribution in [1.29, 1.82) is 0 Å². The second-order valence-corrected chi connectivity index (χ2v) is 7.87. The van der Waals surface area contributed by atoms with Gasteiger partial charge >= 0.3 is 10.2 Å². The van der Waals surface area contributed by atoms with Gasteiger partial charge in [-0.3, -0.25) is 9.48 Å². The molecular formula is C18H21N5O5S. The van der Waals surface area contributed by atoms with Gasteiger partial charge in [-0.15, -0.1) is 4.40 Å². The molecule has 0 spiro atoms. The first-order valence-electron chi connectivity index (χ1n) is 8.50. The third-order valence-corrected chi connectivity index (χ3v) is 5.87. The van der Waals surface area contributed by atoms with E-state index in [0.717, 1.165) is 10.00 Å². The molecule has 2 aromatic rings. The van der Waals surface area contributed by atoms with Crippen LogP contribution in [0.15, 0.2) is 40.6 Å². The van der Waals surface area contributed by atoms with Gasteiger partial charge in [-0.05, 0) is 25.1 Å². The smallest absolute Gasteiger partial charge is 0.345 e. The van der Waals surface area contributed by atoms with Gasteiger partial charge in [0.2, 0.25) is 0 Å². The molecular weight excluding hydrogens is 398 g/mol. The van der Waals surface area contributed by atoms with Crippen LogP contribution in [0.25, 0.3) is 0 Å². The molecule has 154 valence electrons. The Morgan fingerprint density at radius 1 is 1.14 bits per heavy atom. The molecule has 10 nitrogen and oxygen atoms in total. The summed E-state index contributed by atoms with van der Waals surface area (Å²) in [6.45, 7) is 1.78. The SMILES string of the molecule is COc1ccc(NC(=O)C2=CC(c3cnn(C)c3C)=NS(=O)(=O)N2C)cc1OC.